The highest BCUT2D eigenvalue weighted by atomic mass is 16.2. The van der Waals surface area contributed by atoms with Gasteiger partial charge in [0.05, 0.1) is 6.54 Å². The number of rotatable bonds is 3. The van der Waals surface area contributed by atoms with Crippen molar-refractivity contribution in [3.05, 3.63) is 74.9 Å². The fourth-order valence-electron chi connectivity index (χ4n) is 2.22. The summed E-state index contributed by atoms with van der Waals surface area (Å²) in [5.41, 5.74) is 0.113. The Morgan fingerprint density at radius 2 is 1.86 bits per heavy atom. The van der Waals surface area contributed by atoms with E-state index in [-0.39, 0.29) is 5.82 Å². The van der Waals surface area contributed by atoms with Crippen LogP contribution in [-0.4, -0.2) is 9.55 Å². The molecular weight excluding hydrogens is 280 g/mol. The Morgan fingerprint density at radius 3 is 2.68 bits per heavy atom. The van der Waals surface area contributed by atoms with Crippen LogP contribution >= 0.6 is 0 Å². The van der Waals surface area contributed by atoms with Gasteiger partial charge >= 0.3 is 5.69 Å². The van der Waals surface area contributed by atoms with Crippen molar-refractivity contribution in [3.8, 4) is 0 Å². The van der Waals surface area contributed by atoms with Crippen molar-refractivity contribution in [1.29, 1.82) is 0 Å². The zero-order valence-corrected chi connectivity index (χ0v) is 12.0. The molecule has 110 valence electrons. The van der Waals surface area contributed by atoms with Crippen LogP contribution in [0.5, 0.6) is 0 Å². The Bertz CT molecular complexity index is 933. The third kappa shape index (κ3) is 2.71. The van der Waals surface area contributed by atoms with Crippen molar-refractivity contribution in [2.75, 3.05) is 0 Å². The molecule has 0 fully saturated rings. The van der Waals surface area contributed by atoms with Gasteiger partial charge in [-0.3, -0.25) is 14.3 Å². The van der Waals surface area contributed by atoms with Crippen molar-refractivity contribution in [3.63, 3.8) is 0 Å². The number of aromatic nitrogens is 2. The molecule has 0 amide bonds. The summed E-state index contributed by atoms with van der Waals surface area (Å²) in [5, 5.41) is 10.3. The molecule has 0 aliphatic heterocycles. The first-order valence-electron chi connectivity index (χ1n) is 6.79. The van der Waals surface area contributed by atoms with Crippen LogP contribution in [0, 0.1) is 0 Å². The molecular formula is C16H14N4O2. The van der Waals surface area contributed by atoms with Gasteiger partial charge in [0, 0.05) is 13.1 Å². The summed E-state index contributed by atoms with van der Waals surface area (Å²) in [7, 11) is 1.40. The molecule has 0 saturated carbocycles. The van der Waals surface area contributed by atoms with Crippen LogP contribution < -0.4 is 11.2 Å². The summed E-state index contributed by atoms with van der Waals surface area (Å²) < 4.78 is 0.976. The summed E-state index contributed by atoms with van der Waals surface area (Å²) in [6.45, 7) is 0.374. The zero-order valence-electron chi connectivity index (χ0n) is 12.0. The maximum Gasteiger partial charge on any atom is 0.329 e. The Labute approximate surface area is 125 Å². The second-order valence-electron chi connectivity index (χ2n) is 4.89. The fourth-order valence-corrected chi connectivity index (χ4v) is 2.22. The van der Waals surface area contributed by atoms with Gasteiger partial charge in [0.25, 0.3) is 5.56 Å². The number of H-pyrrole nitrogens is 1. The topological polar surface area (TPSA) is 79.6 Å². The number of benzene rings is 2. The monoisotopic (exact) mass is 294 g/mol. The van der Waals surface area contributed by atoms with Crippen LogP contribution in [0.15, 0.2) is 68.3 Å². The molecule has 2 aromatic carbocycles. The number of azo groups is 1. The molecule has 3 aromatic rings. The lowest BCUT2D eigenvalue weighted by molar-refractivity contribution is 0.771. The molecule has 0 saturated heterocycles. The maximum absolute atomic E-state index is 11.5. The Kier molecular flexibility index (Phi) is 3.65. The highest BCUT2D eigenvalue weighted by molar-refractivity contribution is 5.85. The SMILES string of the molecule is Cn1c(=O)cc(N=NCc2cccc3ccccc23)[nH]c1=O. The molecule has 3 rings (SSSR count). The second kappa shape index (κ2) is 5.77. The minimum atomic E-state index is -0.508. The molecule has 6 heteroatoms. The molecule has 6 nitrogen and oxygen atoms in total. The third-order valence-corrected chi connectivity index (χ3v) is 3.43. The minimum absolute atomic E-state index is 0.160. The number of aromatic amines is 1. The van der Waals surface area contributed by atoms with Gasteiger partial charge in [-0.1, -0.05) is 42.5 Å². The lowest BCUT2D eigenvalue weighted by Crippen LogP contribution is -2.31. The normalized spacial score (nSPS) is 11.3. The molecule has 0 radical (unpaired) electrons. The van der Waals surface area contributed by atoms with Gasteiger partial charge in [-0.15, -0.1) is 5.11 Å². The van der Waals surface area contributed by atoms with Gasteiger partial charge < -0.3 is 0 Å². The first-order chi connectivity index (χ1) is 10.6. The standard InChI is InChI=1S/C16H14N4O2/c1-20-15(21)9-14(18-16(20)22)19-17-10-12-7-4-6-11-5-2-3-8-13(11)12/h2-9H,10H2,1H3,(H,18,22). The van der Waals surface area contributed by atoms with Gasteiger partial charge in [0.2, 0.25) is 0 Å². The zero-order chi connectivity index (χ0) is 15.5. The van der Waals surface area contributed by atoms with Crippen LogP contribution in [-0.2, 0) is 13.6 Å². The van der Waals surface area contributed by atoms with E-state index >= 15 is 0 Å². The Balaban J connectivity index is 1.88. The lowest BCUT2D eigenvalue weighted by Gasteiger charge is -2.02. The molecule has 1 aromatic heterocycles. The quantitative estimate of drug-likeness (QED) is 0.753. The summed E-state index contributed by atoms with van der Waals surface area (Å²) in [4.78, 5) is 25.5. The van der Waals surface area contributed by atoms with Crippen molar-refractivity contribution < 1.29 is 0 Å². The van der Waals surface area contributed by atoms with Crippen molar-refractivity contribution >= 4 is 16.6 Å². The third-order valence-electron chi connectivity index (χ3n) is 3.43. The molecule has 0 unspecified atom stereocenters. The number of hydrogen-bond donors (Lipinski definition) is 1. The maximum atomic E-state index is 11.5. The van der Waals surface area contributed by atoms with E-state index in [1.807, 2.05) is 42.5 Å². The van der Waals surface area contributed by atoms with Gasteiger partial charge in [0.15, 0.2) is 5.82 Å². The Hall–Kier alpha value is -3.02. The van der Waals surface area contributed by atoms with Gasteiger partial charge in [-0.05, 0) is 16.3 Å². The van der Waals surface area contributed by atoms with Crippen LogP contribution in [0.1, 0.15) is 5.56 Å². The lowest BCUT2D eigenvalue weighted by atomic mass is 10.1. The Morgan fingerprint density at radius 1 is 1.09 bits per heavy atom. The number of fused-ring (bicyclic) bond motifs is 1. The van der Waals surface area contributed by atoms with Crippen LogP contribution in [0.2, 0.25) is 0 Å². The molecule has 0 spiro atoms. The molecule has 1 heterocycles. The van der Waals surface area contributed by atoms with E-state index in [4.69, 9.17) is 0 Å². The van der Waals surface area contributed by atoms with E-state index in [0.717, 1.165) is 20.9 Å². The predicted octanol–water partition coefficient (Wildman–Crippen LogP) is 2.51. The summed E-state index contributed by atoms with van der Waals surface area (Å²) in [6.07, 6.45) is 0. The first kappa shape index (κ1) is 13.9. The van der Waals surface area contributed by atoms with Crippen LogP contribution in [0.4, 0.5) is 5.82 Å². The number of nitrogens with zero attached hydrogens (tertiary/aromatic N) is 3. The largest absolute Gasteiger partial charge is 0.329 e. The highest BCUT2D eigenvalue weighted by Gasteiger charge is 2.01. The molecule has 0 atom stereocenters. The minimum Gasteiger partial charge on any atom is -0.290 e. The second-order valence-corrected chi connectivity index (χ2v) is 4.89. The fraction of sp³-hybridized carbons (Fsp3) is 0.125. The highest BCUT2D eigenvalue weighted by Crippen LogP contribution is 2.19. The van der Waals surface area contributed by atoms with Gasteiger partial charge in [-0.2, -0.15) is 5.11 Å². The summed E-state index contributed by atoms with van der Waals surface area (Å²) in [6, 6.07) is 15.2. The first-order valence-corrected chi connectivity index (χ1v) is 6.79. The van der Waals surface area contributed by atoms with E-state index in [0.29, 0.717) is 6.54 Å². The smallest absolute Gasteiger partial charge is 0.290 e. The van der Waals surface area contributed by atoms with Gasteiger partial charge in [-0.25, -0.2) is 4.79 Å². The van der Waals surface area contributed by atoms with Crippen LogP contribution in [0.3, 0.4) is 0 Å². The van der Waals surface area contributed by atoms with E-state index in [2.05, 4.69) is 15.2 Å². The van der Waals surface area contributed by atoms with Crippen molar-refractivity contribution in [2.24, 2.45) is 17.3 Å². The van der Waals surface area contributed by atoms with E-state index in [9.17, 15) is 9.59 Å². The predicted molar refractivity (Wildman–Crippen MR) is 84.5 cm³/mol. The van der Waals surface area contributed by atoms with Crippen LogP contribution in [0.25, 0.3) is 10.8 Å². The molecule has 1 N–H and O–H groups in total. The van der Waals surface area contributed by atoms with Crippen molar-refractivity contribution in [1.82, 2.24) is 9.55 Å². The number of nitrogens with one attached hydrogen (secondary N) is 1. The summed E-state index contributed by atoms with van der Waals surface area (Å²) >= 11 is 0. The van der Waals surface area contributed by atoms with E-state index < -0.39 is 11.2 Å². The molecule has 0 bridgehead atoms. The molecule has 0 aliphatic rings. The van der Waals surface area contributed by atoms with E-state index in [1.165, 1.54) is 13.1 Å². The van der Waals surface area contributed by atoms with E-state index in [1.54, 1.807) is 0 Å². The average molecular weight is 294 g/mol. The average Bonchev–Trinajstić information content (AvgIpc) is 2.53. The molecule has 22 heavy (non-hydrogen) atoms. The van der Waals surface area contributed by atoms with Crippen molar-refractivity contribution in [2.45, 2.75) is 6.54 Å². The number of hydrogen-bond acceptors (Lipinski definition) is 4. The summed E-state index contributed by atoms with van der Waals surface area (Å²) in [5.74, 6) is 0.160. The molecule has 0 aliphatic carbocycles. The van der Waals surface area contributed by atoms with Gasteiger partial charge in [0.1, 0.15) is 0 Å².